The van der Waals surface area contributed by atoms with E-state index in [1.807, 2.05) is 0 Å². The highest BCUT2D eigenvalue weighted by Crippen LogP contribution is 2.13. The number of anilines is 2. The van der Waals surface area contributed by atoms with Crippen molar-refractivity contribution in [1.82, 2.24) is 10.2 Å². The summed E-state index contributed by atoms with van der Waals surface area (Å²) in [5.74, 6) is -0.221. The fraction of sp³-hybridized carbons (Fsp3) is 0.333. The molecule has 25 heavy (non-hydrogen) atoms. The highest BCUT2D eigenvalue weighted by atomic mass is 16.5. The highest BCUT2D eigenvalue weighted by molar-refractivity contribution is 6.03. The third-order valence-electron chi connectivity index (χ3n) is 3.53. The fourth-order valence-electron chi connectivity index (χ4n) is 2.18. The summed E-state index contributed by atoms with van der Waals surface area (Å²) in [6, 6.07) is 9.83. The first-order chi connectivity index (χ1) is 12.1. The maximum Gasteiger partial charge on any atom is 0.337 e. The molecule has 0 bridgehead atoms. The number of rotatable bonds is 8. The first kappa shape index (κ1) is 18.4. The van der Waals surface area contributed by atoms with Crippen molar-refractivity contribution in [1.29, 1.82) is 0 Å². The van der Waals surface area contributed by atoms with Crippen LogP contribution in [0.4, 0.5) is 11.5 Å². The molecule has 0 aliphatic heterocycles. The molecule has 0 fully saturated rings. The Morgan fingerprint density at radius 1 is 1.12 bits per heavy atom. The maximum atomic E-state index is 12.2. The molecule has 1 aromatic heterocycles. The summed E-state index contributed by atoms with van der Waals surface area (Å²) in [7, 11) is 1.31. The number of hydrogen-bond donors (Lipinski definition) is 2. The summed E-state index contributed by atoms with van der Waals surface area (Å²) in [5.41, 5.74) is 1.04. The van der Waals surface area contributed by atoms with Crippen molar-refractivity contribution in [2.45, 2.75) is 26.2 Å². The zero-order chi connectivity index (χ0) is 18.1. The molecule has 0 aliphatic carbocycles. The van der Waals surface area contributed by atoms with Crippen molar-refractivity contribution in [3.63, 3.8) is 0 Å². The highest BCUT2D eigenvalue weighted by Gasteiger charge is 2.11. The van der Waals surface area contributed by atoms with Crippen LogP contribution in [0.2, 0.25) is 0 Å². The molecular formula is C18H22N4O3. The van der Waals surface area contributed by atoms with Gasteiger partial charge in [0.2, 0.25) is 0 Å². The predicted molar refractivity (Wildman–Crippen MR) is 95.8 cm³/mol. The van der Waals surface area contributed by atoms with Crippen LogP contribution >= 0.6 is 0 Å². The largest absolute Gasteiger partial charge is 0.465 e. The van der Waals surface area contributed by atoms with Gasteiger partial charge < -0.3 is 15.4 Å². The van der Waals surface area contributed by atoms with Crippen molar-refractivity contribution in [3.05, 3.63) is 47.7 Å². The van der Waals surface area contributed by atoms with E-state index in [1.165, 1.54) is 7.11 Å². The maximum absolute atomic E-state index is 12.2. The molecule has 7 heteroatoms. The summed E-state index contributed by atoms with van der Waals surface area (Å²) in [5, 5.41) is 13.8. The van der Waals surface area contributed by atoms with Gasteiger partial charge in [-0.1, -0.05) is 25.8 Å². The van der Waals surface area contributed by atoms with E-state index in [0.717, 1.165) is 25.8 Å². The Bertz CT molecular complexity index is 717. The van der Waals surface area contributed by atoms with Gasteiger partial charge in [-0.05, 0) is 36.8 Å². The summed E-state index contributed by atoms with van der Waals surface area (Å²) in [4.78, 5) is 23.7. The van der Waals surface area contributed by atoms with Crippen LogP contribution in [-0.2, 0) is 4.74 Å². The number of amides is 1. The molecule has 0 atom stereocenters. The van der Waals surface area contributed by atoms with Crippen molar-refractivity contribution in [2.24, 2.45) is 0 Å². The smallest absolute Gasteiger partial charge is 0.337 e. The van der Waals surface area contributed by atoms with Crippen LogP contribution in [0.5, 0.6) is 0 Å². The van der Waals surface area contributed by atoms with Crippen molar-refractivity contribution >= 4 is 23.4 Å². The zero-order valence-corrected chi connectivity index (χ0v) is 14.4. The van der Waals surface area contributed by atoms with E-state index in [1.54, 1.807) is 36.4 Å². The molecule has 0 spiro atoms. The summed E-state index contributed by atoms with van der Waals surface area (Å²) < 4.78 is 4.66. The Labute approximate surface area is 146 Å². The molecule has 0 unspecified atom stereocenters. The Hall–Kier alpha value is -2.96. The zero-order valence-electron chi connectivity index (χ0n) is 14.4. The van der Waals surface area contributed by atoms with Crippen molar-refractivity contribution in [2.75, 3.05) is 24.3 Å². The lowest BCUT2D eigenvalue weighted by Crippen LogP contribution is -2.15. The first-order valence-electron chi connectivity index (χ1n) is 8.21. The van der Waals surface area contributed by atoms with Gasteiger partial charge in [0.1, 0.15) is 5.82 Å². The number of unbranched alkanes of at least 4 members (excludes halogenated alkanes) is 2. The van der Waals surface area contributed by atoms with Crippen LogP contribution in [0, 0.1) is 0 Å². The number of carbonyl (C=O) groups excluding carboxylic acids is 2. The molecule has 7 nitrogen and oxygen atoms in total. The number of esters is 1. The number of carbonyl (C=O) groups is 2. The second-order valence-corrected chi connectivity index (χ2v) is 5.46. The summed E-state index contributed by atoms with van der Waals surface area (Å²) in [6.45, 7) is 2.97. The SMILES string of the molecule is CCCCCNc1ccc(C(=O)Nc2cccc(C(=O)OC)c2)nn1. The monoisotopic (exact) mass is 342 g/mol. The minimum Gasteiger partial charge on any atom is -0.465 e. The number of methoxy groups -OCH3 is 1. The van der Waals surface area contributed by atoms with Gasteiger partial charge >= 0.3 is 5.97 Å². The Morgan fingerprint density at radius 2 is 1.96 bits per heavy atom. The van der Waals surface area contributed by atoms with Crippen LogP contribution < -0.4 is 10.6 Å². The van der Waals surface area contributed by atoms with Gasteiger partial charge in [0.05, 0.1) is 12.7 Å². The Balaban J connectivity index is 1.95. The molecule has 1 aromatic carbocycles. The molecule has 132 valence electrons. The van der Waals surface area contributed by atoms with Gasteiger partial charge in [-0.2, -0.15) is 0 Å². The normalized spacial score (nSPS) is 10.2. The van der Waals surface area contributed by atoms with Crippen LogP contribution in [0.15, 0.2) is 36.4 Å². The van der Waals surface area contributed by atoms with Crippen LogP contribution in [0.25, 0.3) is 0 Å². The van der Waals surface area contributed by atoms with Gasteiger partial charge in [0.25, 0.3) is 5.91 Å². The lowest BCUT2D eigenvalue weighted by atomic mass is 10.2. The van der Waals surface area contributed by atoms with Crippen LogP contribution in [0.1, 0.15) is 47.0 Å². The Morgan fingerprint density at radius 3 is 2.64 bits per heavy atom. The molecule has 0 aliphatic rings. The third kappa shape index (κ3) is 5.56. The van der Waals surface area contributed by atoms with Crippen LogP contribution in [0.3, 0.4) is 0 Å². The molecule has 2 rings (SSSR count). The molecule has 0 saturated carbocycles. The number of nitrogens with one attached hydrogen (secondary N) is 2. The van der Waals surface area contributed by atoms with E-state index in [0.29, 0.717) is 17.1 Å². The minimum atomic E-state index is -0.464. The van der Waals surface area contributed by atoms with E-state index >= 15 is 0 Å². The lowest BCUT2D eigenvalue weighted by molar-refractivity contribution is 0.0600. The van der Waals surface area contributed by atoms with Crippen molar-refractivity contribution in [3.8, 4) is 0 Å². The van der Waals surface area contributed by atoms with Crippen LogP contribution in [-0.4, -0.2) is 35.7 Å². The van der Waals surface area contributed by atoms with Gasteiger partial charge in [-0.25, -0.2) is 4.79 Å². The standard InChI is InChI=1S/C18H22N4O3/c1-3-4-5-11-19-16-10-9-15(21-22-16)17(23)20-14-8-6-7-13(12-14)18(24)25-2/h6-10,12H,3-5,11H2,1-2H3,(H,19,22)(H,20,23). The molecule has 1 heterocycles. The number of nitrogens with zero attached hydrogens (tertiary/aromatic N) is 2. The average molecular weight is 342 g/mol. The molecule has 0 saturated heterocycles. The molecule has 0 radical (unpaired) electrons. The average Bonchev–Trinajstić information content (AvgIpc) is 2.65. The topological polar surface area (TPSA) is 93.2 Å². The van der Waals surface area contributed by atoms with Gasteiger partial charge in [0.15, 0.2) is 5.69 Å². The van der Waals surface area contributed by atoms with E-state index < -0.39 is 11.9 Å². The number of aromatic nitrogens is 2. The van der Waals surface area contributed by atoms with Gasteiger partial charge in [0, 0.05) is 12.2 Å². The predicted octanol–water partition coefficient (Wildman–Crippen LogP) is 3.12. The molecule has 2 N–H and O–H groups in total. The summed E-state index contributed by atoms with van der Waals surface area (Å²) in [6.07, 6.45) is 3.38. The lowest BCUT2D eigenvalue weighted by Gasteiger charge is -2.07. The van der Waals surface area contributed by atoms with Gasteiger partial charge in [-0.15, -0.1) is 10.2 Å². The number of benzene rings is 1. The molecule has 1 amide bonds. The third-order valence-corrected chi connectivity index (χ3v) is 3.53. The first-order valence-corrected chi connectivity index (χ1v) is 8.21. The number of ether oxygens (including phenoxy) is 1. The second-order valence-electron chi connectivity index (χ2n) is 5.46. The van der Waals surface area contributed by atoms with E-state index in [-0.39, 0.29) is 5.69 Å². The van der Waals surface area contributed by atoms with E-state index in [2.05, 4.69) is 32.5 Å². The van der Waals surface area contributed by atoms with Crippen molar-refractivity contribution < 1.29 is 14.3 Å². The van der Waals surface area contributed by atoms with E-state index in [4.69, 9.17) is 0 Å². The van der Waals surface area contributed by atoms with Gasteiger partial charge in [-0.3, -0.25) is 4.79 Å². The molecular weight excluding hydrogens is 320 g/mol. The Kier molecular flexibility index (Phi) is 6.88. The quantitative estimate of drug-likeness (QED) is 0.565. The summed E-state index contributed by atoms with van der Waals surface area (Å²) >= 11 is 0. The fourth-order valence-corrected chi connectivity index (χ4v) is 2.18. The number of hydrogen-bond acceptors (Lipinski definition) is 6. The van der Waals surface area contributed by atoms with E-state index in [9.17, 15) is 9.59 Å². The molecule has 2 aromatic rings. The minimum absolute atomic E-state index is 0.197. The second kappa shape index (κ2) is 9.36.